The van der Waals surface area contributed by atoms with Gasteiger partial charge in [-0.3, -0.25) is 0 Å². The number of pyridine rings is 3. The number of aryl methyl sites for hydroxylation is 5. The van der Waals surface area contributed by atoms with Crippen molar-refractivity contribution in [1.82, 2.24) is 15.0 Å². The fourth-order valence-electron chi connectivity index (χ4n) is 6.14. The Balaban J connectivity index is 0.000000205. The molecule has 273 valence electrons. The Hall–Kier alpha value is -5.22. The van der Waals surface area contributed by atoms with Crippen LogP contribution >= 0.6 is 0 Å². The predicted octanol–water partition coefficient (Wildman–Crippen LogP) is 12.4. The van der Waals surface area contributed by atoms with Crippen molar-refractivity contribution in [1.29, 1.82) is 0 Å². The molecule has 0 fully saturated rings. The molecule has 1 radical (unpaired) electrons. The van der Waals surface area contributed by atoms with Gasteiger partial charge in [0.15, 0.2) is 0 Å². The molecule has 0 atom stereocenters. The maximum Gasteiger partial charge on any atom is 0.216 e. The molecule has 0 bridgehead atoms. The van der Waals surface area contributed by atoms with Crippen molar-refractivity contribution in [2.24, 2.45) is 5.41 Å². The number of benzene rings is 4. The molecule has 0 saturated carbocycles. The first-order valence-electron chi connectivity index (χ1n) is 21.6. The van der Waals surface area contributed by atoms with E-state index in [0.717, 1.165) is 51.6 Å². The number of hydrogen-bond donors (Lipinski definition) is 0. The Labute approximate surface area is 344 Å². The van der Waals surface area contributed by atoms with Gasteiger partial charge < -0.3 is 14.4 Å². The number of aromatic nitrogens is 3. The molecule has 0 N–H and O–H groups in total. The first kappa shape index (κ1) is 29.2. The predicted molar refractivity (Wildman–Crippen MR) is 219 cm³/mol. The van der Waals surface area contributed by atoms with Gasteiger partial charge in [-0.2, -0.15) is 0 Å². The molecule has 4 nitrogen and oxygen atoms in total. The Bertz CT molecular complexity index is 2790. The van der Waals surface area contributed by atoms with Crippen LogP contribution in [0.1, 0.15) is 65.2 Å². The van der Waals surface area contributed by atoms with E-state index >= 15 is 0 Å². The monoisotopic (exact) mass is 892 g/mol. The standard InChI is InChI=1S/C26H21N2O.C23H24N.Ir/c1-17-6-9-19(10-7-17)11-12-20-14-15-27-24(16-20)23-5-3-4-21-22-13-8-18(2)28-26(22)29-25(21)23;1-17-5-9-20(10-6-17)22-15-21(13-14-24-22)19-11-7-18(8-12-19)16-23(2,3)4;/h3-4,6-10,13-16H,11-12H2,1-2H3;5-9,11-15H,16H2,1-4H3;/q2*-1;/i2D3;1D3,16D2;. The second kappa shape index (κ2) is 16.8. The average molecular weight is 892 g/mol. The normalized spacial score (nSPS) is 14.1. The summed E-state index contributed by atoms with van der Waals surface area (Å²) in [7, 11) is 0. The van der Waals surface area contributed by atoms with Crippen LogP contribution in [0.3, 0.4) is 0 Å². The molecule has 4 aromatic carbocycles. The summed E-state index contributed by atoms with van der Waals surface area (Å²) >= 11 is 0. The molecule has 0 aliphatic rings. The average Bonchev–Trinajstić information content (AvgIpc) is 3.61. The molecule has 0 unspecified atom stereocenters. The first-order chi connectivity index (χ1) is 28.8. The van der Waals surface area contributed by atoms with Crippen LogP contribution in [0.5, 0.6) is 0 Å². The topological polar surface area (TPSA) is 51.8 Å². The second-order valence-electron chi connectivity index (χ2n) is 14.2. The molecule has 0 aliphatic carbocycles. The number of fused-ring (bicyclic) bond motifs is 3. The maximum atomic E-state index is 8.41. The van der Waals surface area contributed by atoms with E-state index in [1.165, 1.54) is 28.8 Å². The van der Waals surface area contributed by atoms with Gasteiger partial charge in [0.2, 0.25) is 5.71 Å². The van der Waals surface area contributed by atoms with Crippen LogP contribution < -0.4 is 0 Å². The first-order valence-corrected chi connectivity index (χ1v) is 17.6. The molecule has 0 aliphatic heterocycles. The largest absolute Gasteiger partial charge is 0.486 e. The summed E-state index contributed by atoms with van der Waals surface area (Å²) in [6.07, 6.45) is 3.93. The molecule has 0 amide bonds. The van der Waals surface area contributed by atoms with Crippen LogP contribution in [0, 0.1) is 38.2 Å². The van der Waals surface area contributed by atoms with Crippen LogP contribution in [0.4, 0.5) is 0 Å². The summed E-state index contributed by atoms with van der Waals surface area (Å²) in [5.74, 6) is 0. The Morgan fingerprint density at radius 2 is 1.43 bits per heavy atom. The number of hydrogen-bond acceptors (Lipinski definition) is 4. The molecule has 0 spiro atoms. The van der Waals surface area contributed by atoms with Crippen LogP contribution in [0.15, 0.2) is 132 Å². The van der Waals surface area contributed by atoms with Crippen LogP contribution in [-0.4, -0.2) is 15.0 Å². The second-order valence-corrected chi connectivity index (χ2v) is 14.2. The molecule has 4 heterocycles. The van der Waals surface area contributed by atoms with Crippen molar-refractivity contribution in [3.8, 4) is 33.6 Å². The van der Waals surface area contributed by atoms with Crippen molar-refractivity contribution in [2.75, 3.05) is 0 Å². The third-order valence-corrected chi connectivity index (χ3v) is 8.79. The Morgan fingerprint density at radius 3 is 2.17 bits per heavy atom. The van der Waals surface area contributed by atoms with Gasteiger partial charge in [-0.25, -0.2) is 4.98 Å². The fraction of sp³-hybridized carbons (Fsp3) is 0.204. The zero-order valence-electron chi connectivity index (χ0n) is 38.6. The van der Waals surface area contributed by atoms with E-state index in [2.05, 4.69) is 64.3 Å². The molecule has 54 heavy (non-hydrogen) atoms. The number of nitrogens with zero attached hydrogens (tertiary/aromatic N) is 3. The van der Waals surface area contributed by atoms with Gasteiger partial charge in [-0.05, 0) is 96.3 Å². The summed E-state index contributed by atoms with van der Waals surface area (Å²) in [5, 5.41) is 1.64. The fourth-order valence-corrected chi connectivity index (χ4v) is 6.14. The van der Waals surface area contributed by atoms with Crippen molar-refractivity contribution >= 4 is 22.1 Å². The number of furan rings is 1. The van der Waals surface area contributed by atoms with E-state index in [4.69, 9.17) is 15.4 Å². The van der Waals surface area contributed by atoms with Crippen molar-refractivity contribution in [3.05, 3.63) is 173 Å². The van der Waals surface area contributed by atoms with E-state index < -0.39 is 25.5 Å². The van der Waals surface area contributed by atoms with Crippen LogP contribution in [0.25, 0.3) is 55.7 Å². The van der Waals surface area contributed by atoms with Gasteiger partial charge in [0.05, 0.1) is 5.58 Å². The summed E-state index contributed by atoms with van der Waals surface area (Å²) in [5.41, 5.74) is 9.93. The van der Waals surface area contributed by atoms with Gasteiger partial charge in [-0.1, -0.05) is 110 Å². The van der Waals surface area contributed by atoms with E-state index in [9.17, 15) is 0 Å². The molecular weight excluding hydrogens is 839 g/mol. The molecule has 5 heteroatoms. The van der Waals surface area contributed by atoms with Gasteiger partial charge in [-0.15, -0.1) is 53.6 Å². The Kier molecular flexibility index (Phi) is 9.10. The van der Waals surface area contributed by atoms with Crippen molar-refractivity contribution in [3.63, 3.8) is 0 Å². The molecular formula is C49H45IrN3O-2. The minimum Gasteiger partial charge on any atom is -0.486 e. The summed E-state index contributed by atoms with van der Waals surface area (Å²) in [6.45, 7) is 3.34. The quantitative estimate of drug-likeness (QED) is 0.150. The van der Waals surface area contributed by atoms with Gasteiger partial charge in [0, 0.05) is 54.5 Å². The molecule has 4 aromatic heterocycles. The third-order valence-electron chi connectivity index (χ3n) is 8.79. The minimum atomic E-state index is -2.28. The molecule has 8 aromatic rings. The molecule has 8 rings (SSSR count). The summed E-state index contributed by atoms with van der Waals surface area (Å²) in [6, 6.07) is 42.1. The van der Waals surface area contributed by atoms with Crippen LogP contribution in [-0.2, 0) is 39.3 Å². The van der Waals surface area contributed by atoms with E-state index in [1.807, 2.05) is 75.4 Å². The summed E-state index contributed by atoms with van der Waals surface area (Å²) in [4.78, 5) is 13.2. The van der Waals surface area contributed by atoms with Crippen molar-refractivity contribution < 1.29 is 35.5 Å². The maximum absolute atomic E-state index is 8.41. The van der Waals surface area contributed by atoms with E-state index in [0.29, 0.717) is 22.6 Å². The smallest absolute Gasteiger partial charge is 0.216 e. The van der Waals surface area contributed by atoms with Crippen LogP contribution in [0.2, 0.25) is 0 Å². The van der Waals surface area contributed by atoms with Gasteiger partial charge in [0.1, 0.15) is 0 Å². The SMILES string of the molecule is [2H]C([2H])([2H])c1c[c-]c(-c2cc(-c3ccc(C([2H])([2H])C(C)(C)C)cc3)ccn2)cc1.[2H]C([2H])([2H])c1ccc2c(n1)oc1c(-c3cc(CCc4ccc(C)cc4)ccn3)[c-]ccc12.[Ir]. The minimum absolute atomic E-state index is 0. The summed E-state index contributed by atoms with van der Waals surface area (Å²) < 4.78 is 68.1. The van der Waals surface area contributed by atoms with E-state index in [-0.39, 0.29) is 31.4 Å². The zero-order chi connectivity index (χ0) is 43.7. The van der Waals surface area contributed by atoms with Gasteiger partial charge in [0.25, 0.3) is 0 Å². The Morgan fingerprint density at radius 1 is 0.685 bits per heavy atom. The van der Waals surface area contributed by atoms with Gasteiger partial charge >= 0.3 is 0 Å². The molecule has 0 saturated heterocycles. The third kappa shape index (κ3) is 9.46. The number of rotatable bonds is 7. The van der Waals surface area contributed by atoms with E-state index in [1.54, 1.807) is 30.6 Å². The van der Waals surface area contributed by atoms with Crippen molar-refractivity contribution in [2.45, 2.75) is 60.6 Å². The zero-order valence-corrected chi connectivity index (χ0v) is 33.0.